The first-order valence-corrected chi connectivity index (χ1v) is 8.05. The zero-order chi connectivity index (χ0) is 17.8. The van der Waals surface area contributed by atoms with Gasteiger partial charge in [-0.1, -0.05) is 58.4 Å². The van der Waals surface area contributed by atoms with Gasteiger partial charge in [-0.05, 0) is 39.6 Å². The van der Waals surface area contributed by atoms with Crippen LogP contribution < -0.4 is 10.1 Å². The molecule has 4 rings (SSSR count). The molecule has 0 spiro atoms. The average Bonchev–Trinajstić information content (AvgIpc) is 3.14. The minimum Gasteiger partial charge on any atom is -0.497 e. The van der Waals surface area contributed by atoms with Crippen LogP contribution >= 0.6 is 0 Å². The largest absolute Gasteiger partial charge is 0.497 e. The molecule has 7 heteroatoms. The van der Waals surface area contributed by atoms with E-state index in [9.17, 15) is 0 Å². The maximum atomic E-state index is 5.21. The number of fused-ring (bicyclic) bond motifs is 1. The number of nitrogens with one attached hydrogen (secondary N) is 1. The molecule has 0 saturated carbocycles. The van der Waals surface area contributed by atoms with Crippen molar-refractivity contribution in [3.8, 4) is 5.75 Å². The first-order chi connectivity index (χ1) is 12.8. The third-order valence-electron chi connectivity index (χ3n) is 3.90. The van der Waals surface area contributed by atoms with Gasteiger partial charge < -0.3 is 10.1 Å². The van der Waals surface area contributed by atoms with Crippen LogP contribution in [0.15, 0.2) is 71.8 Å². The Morgan fingerprint density at radius 1 is 1.04 bits per heavy atom. The van der Waals surface area contributed by atoms with Crippen molar-refractivity contribution in [2.24, 2.45) is 5.10 Å². The van der Waals surface area contributed by atoms with Gasteiger partial charge in [-0.15, -0.1) is 0 Å². The van der Waals surface area contributed by atoms with Gasteiger partial charge in [-0.2, -0.15) is 5.10 Å². The molecule has 1 heterocycles. The second-order valence-electron chi connectivity index (χ2n) is 5.56. The fraction of sp³-hybridized carbons (Fsp3) is 0.0526. The zero-order valence-corrected chi connectivity index (χ0v) is 14.1. The van der Waals surface area contributed by atoms with Crippen LogP contribution in [0.5, 0.6) is 5.75 Å². The van der Waals surface area contributed by atoms with Crippen LogP contribution in [0.3, 0.4) is 0 Å². The fourth-order valence-electron chi connectivity index (χ4n) is 2.63. The van der Waals surface area contributed by atoms with Crippen LogP contribution in [0.25, 0.3) is 10.8 Å². The number of hydrogen-bond acceptors (Lipinski definition) is 6. The number of aromatic nitrogens is 4. The molecule has 0 fully saturated rings. The van der Waals surface area contributed by atoms with E-state index < -0.39 is 0 Å². The van der Waals surface area contributed by atoms with E-state index in [1.807, 2.05) is 54.6 Å². The minimum absolute atomic E-state index is 0.431. The van der Waals surface area contributed by atoms with Gasteiger partial charge in [0.2, 0.25) is 0 Å². The van der Waals surface area contributed by atoms with Crippen LogP contribution in [0, 0.1) is 0 Å². The molecular formula is C19H16N6O. The molecule has 0 aliphatic rings. The van der Waals surface area contributed by atoms with E-state index in [1.54, 1.807) is 13.3 Å². The lowest BCUT2D eigenvalue weighted by Crippen LogP contribution is -2.01. The summed E-state index contributed by atoms with van der Waals surface area (Å²) in [6.07, 6.45) is 1.67. The number of tetrazole rings is 1. The molecule has 0 atom stereocenters. The molecule has 1 N–H and O–H groups in total. The zero-order valence-electron chi connectivity index (χ0n) is 14.1. The summed E-state index contributed by atoms with van der Waals surface area (Å²) >= 11 is 0. The quantitative estimate of drug-likeness (QED) is 0.561. The lowest BCUT2D eigenvalue weighted by molar-refractivity contribution is 0.414. The number of anilines is 2. The van der Waals surface area contributed by atoms with Crippen LogP contribution in [-0.2, 0) is 0 Å². The molecule has 0 bridgehead atoms. The summed E-state index contributed by atoms with van der Waals surface area (Å²) in [6, 6.07) is 21.7. The molecule has 0 aliphatic heterocycles. The standard InChI is InChI=1S/C19H16N6O/c1-26-16-9-4-6-14(12-16)13-20-25-19(22-23-24-25)21-18-11-5-8-15-7-2-3-10-17(15)18/h2-13H,1H3,(H,21,22,24). The number of benzene rings is 3. The molecule has 0 unspecified atom stereocenters. The van der Waals surface area contributed by atoms with Crippen LogP contribution in [0.2, 0.25) is 0 Å². The van der Waals surface area contributed by atoms with Gasteiger partial charge in [-0.25, -0.2) is 0 Å². The summed E-state index contributed by atoms with van der Waals surface area (Å²) in [5.41, 5.74) is 1.80. The Labute approximate surface area is 149 Å². The Morgan fingerprint density at radius 3 is 2.81 bits per heavy atom. The Morgan fingerprint density at radius 2 is 1.88 bits per heavy atom. The van der Waals surface area contributed by atoms with Crippen LogP contribution in [0.1, 0.15) is 5.56 Å². The van der Waals surface area contributed by atoms with Crippen molar-refractivity contribution in [1.82, 2.24) is 20.3 Å². The summed E-state index contributed by atoms with van der Waals surface area (Å²) < 4.78 is 5.21. The van der Waals surface area contributed by atoms with E-state index in [2.05, 4.69) is 38.1 Å². The Hall–Kier alpha value is -3.74. The number of hydrogen-bond donors (Lipinski definition) is 1. The highest BCUT2D eigenvalue weighted by molar-refractivity contribution is 5.94. The third kappa shape index (κ3) is 3.23. The maximum Gasteiger partial charge on any atom is 0.269 e. The summed E-state index contributed by atoms with van der Waals surface area (Å²) in [7, 11) is 1.63. The lowest BCUT2D eigenvalue weighted by atomic mass is 10.1. The van der Waals surface area contributed by atoms with Crippen molar-refractivity contribution in [1.29, 1.82) is 0 Å². The van der Waals surface area contributed by atoms with E-state index in [-0.39, 0.29) is 0 Å². The smallest absolute Gasteiger partial charge is 0.269 e. The van der Waals surface area contributed by atoms with Crippen molar-refractivity contribution in [3.63, 3.8) is 0 Å². The average molecular weight is 344 g/mol. The van der Waals surface area contributed by atoms with Gasteiger partial charge in [0.05, 0.1) is 13.3 Å². The van der Waals surface area contributed by atoms with E-state index >= 15 is 0 Å². The second kappa shape index (κ2) is 7.02. The molecule has 128 valence electrons. The van der Waals surface area contributed by atoms with Crippen LogP contribution in [-0.4, -0.2) is 33.6 Å². The lowest BCUT2D eigenvalue weighted by Gasteiger charge is -2.07. The molecule has 0 aliphatic carbocycles. The number of rotatable bonds is 5. The Balaban J connectivity index is 1.61. The number of ether oxygens (including phenoxy) is 1. The molecular weight excluding hydrogens is 328 g/mol. The molecule has 3 aromatic carbocycles. The van der Waals surface area contributed by atoms with Gasteiger partial charge in [0, 0.05) is 11.1 Å². The van der Waals surface area contributed by atoms with Gasteiger partial charge in [0.1, 0.15) is 5.75 Å². The van der Waals surface area contributed by atoms with E-state index in [4.69, 9.17) is 4.74 Å². The first-order valence-electron chi connectivity index (χ1n) is 8.05. The van der Waals surface area contributed by atoms with Gasteiger partial charge >= 0.3 is 0 Å². The van der Waals surface area contributed by atoms with Gasteiger partial charge in [0.15, 0.2) is 0 Å². The predicted octanol–water partition coefficient (Wildman–Crippen LogP) is 3.46. The second-order valence-corrected chi connectivity index (χ2v) is 5.56. The highest BCUT2D eigenvalue weighted by atomic mass is 16.5. The van der Waals surface area contributed by atoms with Crippen molar-refractivity contribution in [2.45, 2.75) is 0 Å². The van der Waals surface area contributed by atoms with Crippen molar-refractivity contribution in [3.05, 3.63) is 72.3 Å². The summed E-state index contributed by atoms with van der Waals surface area (Å²) in [5.74, 6) is 1.19. The molecule has 7 nitrogen and oxygen atoms in total. The minimum atomic E-state index is 0.431. The van der Waals surface area contributed by atoms with Crippen molar-refractivity contribution in [2.75, 3.05) is 12.4 Å². The SMILES string of the molecule is COc1cccc(C=Nn2nnnc2Nc2cccc3ccccc23)c1. The molecule has 4 aromatic rings. The third-order valence-corrected chi connectivity index (χ3v) is 3.90. The first kappa shape index (κ1) is 15.8. The predicted molar refractivity (Wildman–Crippen MR) is 101 cm³/mol. The number of nitrogens with zero attached hydrogens (tertiary/aromatic N) is 5. The van der Waals surface area contributed by atoms with E-state index in [0.29, 0.717) is 5.95 Å². The summed E-state index contributed by atoms with van der Waals surface area (Å²) in [4.78, 5) is 1.35. The number of methoxy groups -OCH3 is 1. The van der Waals surface area contributed by atoms with Gasteiger partial charge in [-0.3, -0.25) is 0 Å². The monoisotopic (exact) mass is 344 g/mol. The molecule has 0 saturated heterocycles. The molecule has 26 heavy (non-hydrogen) atoms. The topological polar surface area (TPSA) is 77.2 Å². The summed E-state index contributed by atoms with van der Waals surface area (Å²) in [5, 5.41) is 21.4. The maximum absolute atomic E-state index is 5.21. The van der Waals surface area contributed by atoms with Crippen LogP contribution in [0.4, 0.5) is 11.6 Å². The van der Waals surface area contributed by atoms with Crippen molar-refractivity contribution < 1.29 is 4.74 Å². The molecule has 0 amide bonds. The normalized spacial score (nSPS) is 11.1. The van der Waals surface area contributed by atoms with E-state index in [1.165, 1.54) is 4.79 Å². The fourth-order valence-corrected chi connectivity index (χ4v) is 2.63. The molecule has 1 aromatic heterocycles. The highest BCUT2D eigenvalue weighted by Crippen LogP contribution is 2.25. The van der Waals surface area contributed by atoms with Gasteiger partial charge in [0.25, 0.3) is 5.95 Å². The van der Waals surface area contributed by atoms with E-state index in [0.717, 1.165) is 27.8 Å². The highest BCUT2D eigenvalue weighted by Gasteiger charge is 2.07. The van der Waals surface area contributed by atoms with Crippen molar-refractivity contribution >= 4 is 28.6 Å². The Bertz CT molecular complexity index is 1070. The Kier molecular flexibility index (Phi) is 4.26. The molecule has 0 radical (unpaired) electrons. The summed E-state index contributed by atoms with van der Waals surface area (Å²) in [6.45, 7) is 0.